The van der Waals surface area contributed by atoms with Gasteiger partial charge in [-0.2, -0.15) is 5.26 Å². The lowest BCUT2D eigenvalue weighted by atomic mass is 9.76. The Bertz CT molecular complexity index is 1250. The number of halogens is 1. The monoisotopic (exact) mass is 482 g/mol. The largest absolute Gasteiger partial charge is 0.462 e. The van der Waals surface area contributed by atoms with Crippen LogP contribution in [0.3, 0.4) is 0 Å². The lowest BCUT2D eigenvalue weighted by Gasteiger charge is -2.29. The van der Waals surface area contributed by atoms with Crippen molar-refractivity contribution in [2.75, 3.05) is 6.61 Å². The van der Waals surface area contributed by atoms with Crippen molar-refractivity contribution in [1.29, 1.82) is 5.26 Å². The maximum absolute atomic E-state index is 13.4. The van der Waals surface area contributed by atoms with Crippen molar-refractivity contribution in [2.45, 2.75) is 32.1 Å². The lowest BCUT2D eigenvalue weighted by molar-refractivity contribution is -0.139. The highest BCUT2D eigenvalue weighted by molar-refractivity contribution is 6.30. The molecule has 5 heteroatoms. The molecule has 0 N–H and O–H groups in total. The van der Waals surface area contributed by atoms with Crippen molar-refractivity contribution in [3.63, 3.8) is 0 Å². The molecule has 0 saturated carbocycles. The fourth-order valence-electron chi connectivity index (χ4n) is 4.77. The van der Waals surface area contributed by atoms with Crippen molar-refractivity contribution in [2.24, 2.45) is 10.9 Å². The van der Waals surface area contributed by atoms with Crippen LogP contribution in [0.5, 0.6) is 0 Å². The van der Waals surface area contributed by atoms with Crippen LogP contribution >= 0.6 is 11.6 Å². The number of nitrogens with zero attached hydrogens (tertiary/aromatic N) is 2. The molecule has 3 aromatic carbocycles. The summed E-state index contributed by atoms with van der Waals surface area (Å²) in [4.78, 5) is 17.9. The van der Waals surface area contributed by atoms with Crippen molar-refractivity contribution < 1.29 is 9.53 Å². The predicted molar refractivity (Wildman–Crippen MR) is 139 cm³/mol. The summed E-state index contributed by atoms with van der Waals surface area (Å²) in [6.45, 7) is 3.86. The van der Waals surface area contributed by atoms with Gasteiger partial charge in [0.2, 0.25) is 0 Å². The molecule has 0 amide bonds. The molecule has 0 radical (unpaired) electrons. The Kier molecular flexibility index (Phi) is 7.80. The molecule has 1 aliphatic heterocycles. The van der Waals surface area contributed by atoms with Crippen LogP contribution in [0.1, 0.15) is 48.8 Å². The average Bonchev–Trinajstić information content (AvgIpc) is 2.87. The Labute approximate surface area is 211 Å². The maximum atomic E-state index is 13.4. The molecule has 4 nitrogen and oxygen atoms in total. The highest BCUT2D eigenvalue weighted by Crippen LogP contribution is 2.40. The minimum absolute atomic E-state index is 0.0995. The molecule has 1 aliphatic rings. The number of rotatable bonds is 7. The first-order valence-corrected chi connectivity index (χ1v) is 12.1. The Morgan fingerprint density at radius 3 is 2.20 bits per heavy atom. The van der Waals surface area contributed by atoms with Gasteiger partial charge in [0.1, 0.15) is 0 Å². The highest BCUT2D eigenvalue weighted by Gasteiger charge is 2.38. The minimum Gasteiger partial charge on any atom is -0.462 e. The van der Waals surface area contributed by atoms with Gasteiger partial charge in [-0.3, -0.25) is 4.99 Å². The van der Waals surface area contributed by atoms with E-state index in [1.807, 2.05) is 55.5 Å². The molecule has 2 atom stereocenters. The molecule has 35 heavy (non-hydrogen) atoms. The van der Waals surface area contributed by atoms with Crippen LogP contribution in [0.2, 0.25) is 5.02 Å². The number of esters is 1. The summed E-state index contributed by atoms with van der Waals surface area (Å²) in [5.41, 5.74) is 4.82. The molecule has 3 aromatic rings. The first-order valence-electron chi connectivity index (χ1n) is 11.7. The second-order valence-electron chi connectivity index (χ2n) is 8.69. The normalized spacial score (nSPS) is 17.6. The number of benzene rings is 3. The SMILES string of the molecule is CC1=NC(C)=C(C(=O)OCCC(c2ccccc2)c2ccccc2)C(c2cccc(Cl)c2)C1C#N. The minimum atomic E-state index is -0.568. The van der Waals surface area contributed by atoms with Gasteiger partial charge in [-0.1, -0.05) is 84.4 Å². The number of carbonyl (C=O) groups is 1. The zero-order chi connectivity index (χ0) is 24.8. The number of allylic oxidation sites excluding steroid dienone is 1. The van der Waals surface area contributed by atoms with E-state index in [1.165, 1.54) is 11.1 Å². The third kappa shape index (κ3) is 5.53. The van der Waals surface area contributed by atoms with Gasteiger partial charge in [0, 0.05) is 28.3 Å². The number of hydrogen-bond donors (Lipinski definition) is 0. The van der Waals surface area contributed by atoms with E-state index in [2.05, 4.69) is 35.3 Å². The first-order chi connectivity index (χ1) is 17.0. The van der Waals surface area contributed by atoms with E-state index in [-0.39, 0.29) is 12.5 Å². The molecule has 0 aromatic heterocycles. The fourth-order valence-corrected chi connectivity index (χ4v) is 4.97. The van der Waals surface area contributed by atoms with Crippen LogP contribution in [0.25, 0.3) is 0 Å². The topological polar surface area (TPSA) is 62.4 Å². The van der Waals surface area contributed by atoms with Crippen LogP contribution in [-0.4, -0.2) is 18.3 Å². The lowest BCUT2D eigenvalue weighted by Crippen LogP contribution is -2.29. The molecule has 2 unspecified atom stereocenters. The van der Waals surface area contributed by atoms with E-state index in [4.69, 9.17) is 16.3 Å². The smallest absolute Gasteiger partial charge is 0.336 e. The van der Waals surface area contributed by atoms with E-state index < -0.39 is 17.8 Å². The van der Waals surface area contributed by atoms with Gasteiger partial charge in [0.15, 0.2) is 0 Å². The second kappa shape index (κ2) is 11.2. The van der Waals surface area contributed by atoms with E-state index in [0.717, 1.165) is 5.56 Å². The number of aliphatic imine (C=N–C) groups is 1. The summed E-state index contributed by atoms with van der Waals surface area (Å²) in [5.74, 6) is -1.39. The second-order valence-corrected chi connectivity index (χ2v) is 9.13. The molecular formula is C30H27ClN2O2. The van der Waals surface area contributed by atoms with Gasteiger partial charge in [-0.25, -0.2) is 4.79 Å². The zero-order valence-electron chi connectivity index (χ0n) is 19.8. The van der Waals surface area contributed by atoms with Crippen LogP contribution in [0.4, 0.5) is 0 Å². The summed E-state index contributed by atoms with van der Waals surface area (Å²) < 4.78 is 5.83. The Balaban J connectivity index is 1.57. The van der Waals surface area contributed by atoms with Crippen molar-refractivity contribution in [1.82, 2.24) is 0 Å². The molecule has 0 aliphatic carbocycles. The summed E-state index contributed by atoms with van der Waals surface area (Å²) in [6.07, 6.45) is 0.637. The zero-order valence-corrected chi connectivity index (χ0v) is 20.6. The average molecular weight is 483 g/mol. The molecule has 0 spiro atoms. The quantitative estimate of drug-likeness (QED) is 0.338. The van der Waals surface area contributed by atoms with Gasteiger partial charge in [0.05, 0.1) is 24.2 Å². The summed E-state index contributed by atoms with van der Waals surface area (Å²) in [7, 11) is 0. The van der Waals surface area contributed by atoms with Gasteiger partial charge >= 0.3 is 5.97 Å². The number of hydrogen-bond acceptors (Lipinski definition) is 4. The summed E-state index contributed by atoms with van der Waals surface area (Å²) in [5, 5.41) is 10.5. The highest BCUT2D eigenvalue weighted by atomic mass is 35.5. The van der Waals surface area contributed by atoms with Crippen molar-refractivity contribution in [3.8, 4) is 6.07 Å². The van der Waals surface area contributed by atoms with Crippen LogP contribution in [-0.2, 0) is 9.53 Å². The van der Waals surface area contributed by atoms with Gasteiger partial charge in [0.25, 0.3) is 0 Å². The standard InChI is InChI=1S/C30H27ClN2O2/c1-20-27(19-32)29(24-14-9-15-25(31)18-24)28(21(2)33-20)30(34)35-17-16-26(22-10-5-3-6-11-22)23-12-7-4-8-13-23/h3-15,18,26-27,29H,16-17H2,1-2H3. The predicted octanol–water partition coefficient (Wildman–Crippen LogP) is 7.08. The third-order valence-corrected chi connectivity index (χ3v) is 6.67. The maximum Gasteiger partial charge on any atom is 0.336 e. The van der Waals surface area contributed by atoms with E-state index >= 15 is 0 Å². The number of nitriles is 1. The summed E-state index contributed by atoms with van der Waals surface area (Å²) in [6, 6.07) is 30.1. The molecule has 176 valence electrons. The molecule has 4 rings (SSSR count). The van der Waals surface area contributed by atoms with Crippen LogP contribution < -0.4 is 0 Å². The Hall–Kier alpha value is -3.68. The number of ether oxygens (including phenoxy) is 1. The molecule has 0 saturated heterocycles. The molecule has 1 heterocycles. The molecule has 0 fully saturated rings. The van der Waals surface area contributed by atoms with Crippen molar-refractivity contribution in [3.05, 3.63) is 118 Å². The van der Waals surface area contributed by atoms with E-state index in [9.17, 15) is 10.1 Å². The molecular weight excluding hydrogens is 456 g/mol. The van der Waals surface area contributed by atoms with Gasteiger partial charge in [-0.05, 0) is 49.1 Å². The van der Waals surface area contributed by atoms with Gasteiger partial charge in [-0.15, -0.1) is 0 Å². The number of carbonyl (C=O) groups excluding carboxylic acids is 1. The van der Waals surface area contributed by atoms with E-state index in [0.29, 0.717) is 28.4 Å². The summed E-state index contributed by atoms with van der Waals surface area (Å²) >= 11 is 6.24. The molecule has 0 bridgehead atoms. The first kappa shape index (κ1) is 24.4. The Morgan fingerprint density at radius 1 is 1.00 bits per heavy atom. The van der Waals surface area contributed by atoms with Crippen LogP contribution in [0, 0.1) is 17.2 Å². The van der Waals surface area contributed by atoms with E-state index in [1.54, 1.807) is 19.1 Å². The van der Waals surface area contributed by atoms with Crippen molar-refractivity contribution >= 4 is 23.3 Å². The van der Waals surface area contributed by atoms with Crippen LogP contribution in [0.15, 0.2) is 101 Å². The van der Waals surface area contributed by atoms with Gasteiger partial charge < -0.3 is 4.74 Å². The third-order valence-electron chi connectivity index (χ3n) is 6.44. The fraction of sp³-hybridized carbons (Fsp3) is 0.233. The Morgan fingerprint density at radius 2 is 1.63 bits per heavy atom.